The molecule has 2 heterocycles. The molecule has 0 amide bonds. The Morgan fingerprint density at radius 2 is 1.67 bits per heavy atom. The van der Waals surface area contributed by atoms with Gasteiger partial charge in [-0.05, 0) is 7.05 Å². The van der Waals surface area contributed by atoms with Crippen molar-refractivity contribution >= 4 is 29.0 Å². The Hall–Kier alpha value is 0.0862. The number of likely N-dealkylation sites (N-methyl/N-ethyl adjacent to an activating group) is 1. The van der Waals surface area contributed by atoms with E-state index in [1.54, 1.807) is 12.4 Å². The van der Waals surface area contributed by atoms with Crippen LogP contribution in [-0.2, 0) is 0 Å². The molecule has 1 fully saturated rings. The van der Waals surface area contributed by atoms with Gasteiger partial charge in [0.05, 0.1) is 0 Å². The maximum absolute atomic E-state index is 4.17. The van der Waals surface area contributed by atoms with Crippen LogP contribution in [0.25, 0.3) is 0 Å². The van der Waals surface area contributed by atoms with Crippen molar-refractivity contribution in [1.29, 1.82) is 0 Å². The number of aromatic nitrogens is 2. The molecule has 0 aromatic carbocycles. The Balaban J connectivity index is 0.000000980. The van der Waals surface area contributed by atoms with E-state index in [9.17, 15) is 0 Å². The van der Waals surface area contributed by atoms with Crippen molar-refractivity contribution in [1.82, 2.24) is 14.9 Å². The first-order valence-electron chi connectivity index (χ1n) is 4.48. The molecule has 1 saturated heterocycles. The maximum Gasteiger partial charge on any atom is 2.00 e. The van der Waals surface area contributed by atoms with Crippen molar-refractivity contribution in [2.24, 2.45) is 0 Å². The summed E-state index contributed by atoms with van der Waals surface area (Å²) in [5, 5.41) is 0. The van der Waals surface area contributed by atoms with Gasteiger partial charge in [0.15, 0.2) is 0 Å². The van der Waals surface area contributed by atoms with Crippen LogP contribution in [0.15, 0.2) is 12.4 Å². The first kappa shape index (κ1) is 15.1. The molecule has 0 radical (unpaired) electrons. The topological polar surface area (TPSA) is 32.3 Å². The molecule has 0 aliphatic carbocycles. The number of nitrogens with zero attached hydrogens (tertiary/aromatic N) is 4. The minimum absolute atomic E-state index is 0. The van der Waals surface area contributed by atoms with Crippen LogP contribution in [-0.4, -0.2) is 71.1 Å². The van der Waals surface area contributed by atoms with Gasteiger partial charge < -0.3 is 32.8 Å². The van der Waals surface area contributed by atoms with Gasteiger partial charge in [0.1, 0.15) is 0 Å². The molecule has 0 bridgehead atoms. The molecule has 0 N–H and O–H groups in total. The third-order valence-electron chi connectivity index (χ3n) is 2.30. The van der Waals surface area contributed by atoms with Gasteiger partial charge in [-0.25, -0.2) is 0 Å². The summed E-state index contributed by atoms with van der Waals surface area (Å²) < 4.78 is 0. The Bertz CT molecular complexity index is 264. The molecule has 0 saturated carbocycles. The van der Waals surface area contributed by atoms with Crippen LogP contribution in [0.1, 0.15) is 0 Å². The zero-order chi connectivity index (χ0) is 9.10. The van der Waals surface area contributed by atoms with Crippen LogP contribution in [0, 0.1) is 6.07 Å². The molecule has 4 nitrogen and oxygen atoms in total. The van der Waals surface area contributed by atoms with Crippen LogP contribution in [0.4, 0.5) is 5.95 Å². The summed E-state index contributed by atoms with van der Waals surface area (Å²) in [6, 6.07) is 2.82. The minimum Gasteiger partial charge on any atom is -1.00 e. The second kappa shape index (κ2) is 7.37. The van der Waals surface area contributed by atoms with E-state index in [-0.39, 0.29) is 40.0 Å². The molecule has 2 rings (SSSR count). The fourth-order valence-corrected chi connectivity index (χ4v) is 1.43. The standard InChI is InChI=1S/C9H13N4.BrH.Mg/c1-12-5-7-13(8-6-12)9-10-3-2-4-11-9;;/h3-4H,5-8H2,1H3;1H;/q-1;;+2/p-1. The van der Waals surface area contributed by atoms with E-state index in [0.717, 1.165) is 32.1 Å². The maximum atomic E-state index is 4.17. The zero-order valence-corrected chi connectivity index (χ0v) is 11.9. The number of hydrogen-bond acceptors (Lipinski definition) is 4. The molecule has 0 atom stereocenters. The van der Waals surface area contributed by atoms with Gasteiger partial charge in [-0.15, -0.1) is 12.4 Å². The Kier molecular flexibility index (Phi) is 7.42. The van der Waals surface area contributed by atoms with Crippen molar-refractivity contribution in [2.75, 3.05) is 38.1 Å². The summed E-state index contributed by atoms with van der Waals surface area (Å²) in [5.41, 5.74) is 0. The second-order valence-corrected chi connectivity index (χ2v) is 3.27. The molecule has 1 aliphatic rings. The smallest absolute Gasteiger partial charge is 1.00 e. The summed E-state index contributed by atoms with van der Waals surface area (Å²) >= 11 is 0. The number of hydrogen-bond donors (Lipinski definition) is 0. The van der Waals surface area contributed by atoms with E-state index in [0.29, 0.717) is 0 Å². The van der Waals surface area contributed by atoms with E-state index < -0.39 is 0 Å². The first-order chi connectivity index (χ1) is 6.36. The SMILES string of the molecule is CN1CCN(c2nc[c-]cn2)CC1.[Br-].[Mg+2]. The van der Waals surface area contributed by atoms with Gasteiger partial charge in [0.25, 0.3) is 0 Å². The summed E-state index contributed by atoms with van der Waals surface area (Å²) in [5.74, 6) is 0.826. The van der Waals surface area contributed by atoms with Crippen molar-refractivity contribution in [2.45, 2.75) is 0 Å². The van der Waals surface area contributed by atoms with Crippen LogP contribution in [0.5, 0.6) is 0 Å². The van der Waals surface area contributed by atoms with E-state index in [1.807, 2.05) is 0 Å². The van der Waals surface area contributed by atoms with Crippen molar-refractivity contribution in [3.8, 4) is 0 Å². The molecule has 0 spiro atoms. The third-order valence-corrected chi connectivity index (χ3v) is 2.30. The number of piperazine rings is 1. The minimum atomic E-state index is 0. The van der Waals surface area contributed by atoms with E-state index in [1.165, 1.54) is 0 Å². The van der Waals surface area contributed by atoms with E-state index in [2.05, 4.69) is 32.9 Å². The largest absolute Gasteiger partial charge is 2.00 e. The molecule has 1 aliphatic heterocycles. The number of rotatable bonds is 1. The van der Waals surface area contributed by atoms with Gasteiger partial charge in [-0.1, -0.05) is 0 Å². The quantitative estimate of drug-likeness (QED) is 0.398. The van der Waals surface area contributed by atoms with E-state index >= 15 is 0 Å². The molecular formula is C9H13BrMgN4. The predicted molar refractivity (Wildman–Crippen MR) is 56.3 cm³/mol. The van der Waals surface area contributed by atoms with Crippen LogP contribution in [0.3, 0.4) is 0 Å². The third kappa shape index (κ3) is 4.22. The molecule has 1 aromatic heterocycles. The number of halogens is 1. The number of anilines is 1. The summed E-state index contributed by atoms with van der Waals surface area (Å²) in [4.78, 5) is 12.8. The molecule has 6 heteroatoms. The van der Waals surface area contributed by atoms with Crippen LogP contribution in [0.2, 0.25) is 0 Å². The predicted octanol–water partition coefficient (Wildman–Crippen LogP) is -3.35. The average molecular weight is 281 g/mol. The van der Waals surface area contributed by atoms with Crippen molar-refractivity contribution in [3.63, 3.8) is 0 Å². The molecule has 0 unspecified atom stereocenters. The second-order valence-electron chi connectivity index (χ2n) is 3.27. The van der Waals surface area contributed by atoms with Crippen LogP contribution < -0.4 is 21.9 Å². The van der Waals surface area contributed by atoms with E-state index in [4.69, 9.17) is 0 Å². The Morgan fingerprint density at radius 1 is 1.13 bits per heavy atom. The van der Waals surface area contributed by atoms with Gasteiger partial charge in [0.2, 0.25) is 5.95 Å². The molecule has 78 valence electrons. The Morgan fingerprint density at radius 3 is 2.20 bits per heavy atom. The van der Waals surface area contributed by atoms with Gasteiger partial charge in [-0.2, -0.15) is 0 Å². The van der Waals surface area contributed by atoms with Gasteiger partial charge in [0, 0.05) is 26.2 Å². The van der Waals surface area contributed by atoms with Crippen molar-refractivity contribution in [3.05, 3.63) is 18.5 Å². The van der Waals surface area contributed by atoms with Crippen molar-refractivity contribution < 1.29 is 17.0 Å². The zero-order valence-electron chi connectivity index (χ0n) is 8.86. The summed E-state index contributed by atoms with van der Waals surface area (Å²) in [6.07, 6.45) is 3.33. The summed E-state index contributed by atoms with van der Waals surface area (Å²) in [6.45, 7) is 4.20. The van der Waals surface area contributed by atoms with Crippen LogP contribution >= 0.6 is 0 Å². The average Bonchev–Trinajstić information content (AvgIpc) is 2.20. The fourth-order valence-electron chi connectivity index (χ4n) is 1.43. The first-order valence-corrected chi connectivity index (χ1v) is 4.48. The van der Waals surface area contributed by atoms with Gasteiger partial charge in [-0.3, -0.25) is 9.97 Å². The molecular weight excluding hydrogens is 268 g/mol. The molecule has 1 aromatic rings. The molecule has 15 heavy (non-hydrogen) atoms. The Labute approximate surface area is 117 Å². The summed E-state index contributed by atoms with van der Waals surface area (Å²) in [7, 11) is 2.14. The monoisotopic (exact) mass is 280 g/mol. The van der Waals surface area contributed by atoms with Gasteiger partial charge >= 0.3 is 23.1 Å². The normalized spacial score (nSPS) is 16.5. The fraction of sp³-hybridized carbons (Fsp3) is 0.556.